The van der Waals surface area contributed by atoms with Gasteiger partial charge in [-0.05, 0) is 62.7 Å². The van der Waals surface area contributed by atoms with Crippen LogP contribution in [0.25, 0.3) is 0 Å². The van der Waals surface area contributed by atoms with Crippen LogP contribution in [0.3, 0.4) is 0 Å². The first-order valence-electron chi connectivity index (χ1n) is 8.58. The average Bonchev–Trinajstić information content (AvgIpc) is 2.34. The summed E-state index contributed by atoms with van der Waals surface area (Å²) in [5, 5.41) is 15.5. The van der Waals surface area contributed by atoms with Crippen molar-refractivity contribution in [2.75, 3.05) is 19.6 Å². The van der Waals surface area contributed by atoms with Gasteiger partial charge in [0.2, 0.25) is 5.91 Å². The largest absolute Gasteiger partial charge is 0.392 e. The van der Waals surface area contributed by atoms with Gasteiger partial charge in [0, 0.05) is 19.6 Å². The lowest BCUT2D eigenvalue weighted by Crippen LogP contribution is -2.57. The van der Waals surface area contributed by atoms with Crippen LogP contribution in [0.2, 0.25) is 0 Å². The Labute approximate surface area is 128 Å². The summed E-state index contributed by atoms with van der Waals surface area (Å²) in [6.07, 6.45) is 7.05. The lowest BCUT2D eigenvalue weighted by molar-refractivity contribution is -0.155. The molecule has 4 nitrogen and oxygen atoms in total. The number of hydrogen-bond donors (Lipinski definition) is 3. The zero-order valence-electron chi connectivity index (χ0n) is 13.5. The zero-order chi connectivity index (χ0) is 15.1. The molecule has 0 aromatic carbocycles. The summed E-state index contributed by atoms with van der Waals surface area (Å²) < 4.78 is 0. The van der Waals surface area contributed by atoms with Gasteiger partial charge in [-0.2, -0.15) is 0 Å². The van der Waals surface area contributed by atoms with Crippen LogP contribution < -0.4 is 10.6 Å². The second kappa shape index (κ2) is 5.54. The Morgan fingerprint density at radius 3 is 2.48 bits per heavy atom. The SMILES string of the molecule is CC(O)CNCCNC(=O)C12CC3CC(CC(C)(C3)C1)C2. The fourth-order valence-electron chi connectivity index (χ4n) is 5.75. The lowest BCUT2D eigenvalue weighted by Gasteiger charge is -2.60. The van der Waals surface area contributed by atoms with Crippen LogP contribution in [-0.4, -0.2) is 36.8 Å². The molecule has 120 valence electrons. The van der Waals surface area contributed by atoms with Crippen LogP contribution in [0, 0.1) is 22.7 Å². The molecule has 0 aromatic rings. The third-order valence-electron chi connectivity index (χ3n) is 5.86. The molecule has 0 spiro atoms. The topological polar surface area (TPSA) is 61.4 Å². The quantitative estimate of drug-likeness (QED) is 0.653. The lowest BCUT2D eigenvalue weighted by atomic mass is 9.44. The highest BCUT2D eigenvalue weighted by Crippen LogP contribution is 2.65. The number of nitrogens with one attached hydrogen (secondary N) is 2. The van der Waals surface area contributed by atoms with E-state index in [4.69, 9.17) is 0 Å². The first-order chi connectivity index (χ1) is 9.91. The summed E-state index contributed by atoms with van der Waals surface area (Å²) >= 11 is 0. The molecule has 0 aliphatic heterocycles. The van der Waals surface area contributed by atoms with Crippen molar-refractivity contribution in [3.05, 3.63) is 0 Å². The minimum atomic E-state index is -0.330. The second-order valence-corrected chi connectivity index (χ2v) is 8.36. The van der Waals surface area contributed by atoms with Crippen LogP contribution in [-0.2, 0) is 4.79 Å². The molecular formula is C17H30N2O2. The van der Waals surface area contributed by atoms with E-state index in [2.05, 4.69) is 17.6 Å². The molecular weight excluding hydrogens is 264 g/mol. The van der Waals surface area contributed by atoms with Crippen LogP contribution >= 0.6 is 0 Å². The molecule has 0 heterocycles. The number of rotatable bonds is 6. The Balaban J connectivity index is 1.53. The fraction of sp³-hybridized carbons (Fsp3) is 0.941. The van der Waals surface area contributed by atoms with Crippen LogP contribution in [0.15, 0.2) is 0 Å². The molecule has 4 aliphatic carbocycles. The maximum Gasteiger partial charge on any atom is 0.226 e. The van der Waals surface area contributed by atoms with E-state index in [1.54, 1.807) is 6.92 Å². The van der Waals surface area contributed by atoms with Crippen LogP contribution in [0.1, 0.15) is 52.4 Å². The van der Waals surface area contributed by atoms with E-state index < -0.39 is 0 Å². The van der Waals surface area contributed by atoms with Crippen molar-refractivity contribution in [1.82, 2.24) is 10.6 Å². The van der Waals surface area contributed by atoms with E-state index in [1.165, 1.54) is 19.3 Å². The second-order valence-electron chi connectivity index (χ2n) is 8.36. The van der Waals surface area contributed by atoms with Crippen molar-refractivity contribution in [2.24, 2.45) is 22.7 Å². The third-order valence-corrected chi connectivity index (χ3v) is 5.86. The molecule has 4 bridgehead atoms. The summed E-state index contributed by atoms with van der Waals surface area (Å²) in [4.78, 5) is 12.7. The fourth-order valence-corrected chi connectivity index (χ4v) is 5.75. The molecule has 4 aliphatic rings. The number of hydrogen-bond acceptors (Lipinski definition) is 3. The summed E-state index contributed by atoms with van der Waals surface area (Å²) in [5.41, 5.74) is 0.356. The van der Waals surface area contributed by atoms with E-state index in [9.17, 15) is 9.90 Å². The molecule has 0 saturated heterocycles. The average molecular weight is 294 g/mol. The van der Waals surface area contributed by atoms with Gasteiger partial charge in [0.25, 0.3) is 0 Å². The monoisotopic (exact) mass is 294 g/mol. The molecule has 4 saturated carbocycles. The molecule has 4 heteroatoms. The first-order valence-corrected chi connectivity index (χ1v) is 8.58. The maximum atomic E-state index is 12.7. The molecule has 0 radical (unpaired) electrons. The van der Waals surface area contributed by atoms with Gasteiger partial charge in [-0.25, -0.2) is 0 Å². The van der Waals surface area contributed by atoms with Gasteiger partial charge in [-0.15, -0.1) is 0 Å². The Bertz CT molecular complexity index is 394. The molecule has 3 atom stereocenters. The number of carbonyl (C=O) groups excluding carboxylic acids is 1. The van der Waals surface area contributed by atoms with Crippen molar-refractivity contribution in [3.63, 3.8) is 0 Å². The van der Waals surface area contributed by atoms with Gasteiger partial charge in [0.1, 0.15) is 0 Å². The highest BCUT2D eigenvalue weighted by Gasteiger charge is 2.58. The van der Waals surface area contributed by atoms with E-state index in [0.717, 1.165) is 37.6 Å². The van der Waals surface area contributed by atoms with Crippen molar-refractivity contribution in [1.29, 1.82) is 0 Å². The smallest absolute Gasteiger partial charge is 0.226 e. The minimum Gasteiger partial charge on any atom is -0.392 e. The van der Waals surface area contributed by atoms with Crippen LogP contribution in [0.4, 0.5) is 0 Å². The molecule has 4 fully saturated rings. The number of aliphatic hydroxyl groups excluding tert-OH is 1. The molecule has 0 aromatic heterocycles. The predicted molar refractivity (Wildman–Crippen MR) is 82.8 cm³/mol. The van der Waals surface area contributed by atoms with Crippen molar-refractivity contribution < 1.29 is 9.90 Å². The number of amides is 1. The van der Waals surface area contributed by atoms with Gasteiger partial charge in [0.05, 0.1) is 11.5 Å². The van der Waals surface area contributed by atoms with Crippen molar-refractivity contribution in [2.45, 2.75) is 58.5 Å². The molecule has 1 amide bonds. The summed E-state index contributed by atoms with van der Waals surface area (Å²) in [7, 11) is 0. The standard InChI is InChI=1S/C17H30N2O2/c1-12(20)10-18-3-4-19-15(21)17-8-13-5-14(9-17)7-16(2,6-13)11-17/h12-14,18,20H,3-11H2,1-2H3,(H,19,21). The maximum absolute atomic E-state index is 12.7. The first kappa shape index (κ1) is 15.3. The number of carbonyl (C=O) groups is 1. The Hall–Kier alpha value is -0.610. The van der Waals surface area contributed by atoms with E-state index in [1.807, 2.05) is 0 Å². The van der Waals surface area contributed by atoms with Crippen molar-refractivity contribution in [3.8, 4) is 0 Å². The number of aliphatic hydroxyl groups is 1. The van der Waals surface area contributed by atoms with E-state index in [0.29, 0.717) is 24.4 Å². The third kappa shape index (κ3) is 3.11. The Morgan fingerprint density at radius 1 is 1.24 bits per heavy atom. The van der Waals surface area contributed by atoms with Gasteiger partial charge in [-0.3, -0.25) is 4.79 Å². The minimum absolute atomic E-state index is 0.0664. The molecule has 3 unspecified atom stereocenters. The summed E-state index contributed by atoms with van der Waals surface area (Å²) in [6, 6.07) is 0. The van der Waals surface area contributed by atoms with Gasteiger partial charge in [0.15, 0.2) is 0 Å². The van der Waals surface area contributed by atoms with E-state index >= 15 is 0 Å². The van der Waals surface area contributed by atoms with Gasteiger partial charge < -0.3 is 15.7 Å². The molecule has 4 rings (SSSR count). The van der Waals surface area contributed by atoms with E-state index in [-0.39, 0.29) is 11.5 Å². The summed E-state index contributed by atoms with van der Waals surface area (Å²) in [6.45, 7) is 6.15. The van der Waals surface area contributed by atoms with Crippen LogP contribution in [0.5, 0.6) is 0 Å². The van der Waals surface area contributed by atoms with Gasteiger partial charge in [-0.1, -0.05) is 6.92 Å². The highest BCUT2D eigenvalue weighted by atomic mass is 16.3. The molecule has 3 N–H and O–H groups in total. The highest BCUT2D eigenvalue weighted by molar-refractivity contribution is 5.83. The summed E-state index contributed by atoms with van der Waals surface area (Å²) in [5.74, 6) is 1.87. The molecule has 21 heavy (non-hydrogen) atoms. The van der Waals surface area contributed by atoms with Crippen molar-refractivity contribution >= 4 is 5.91 Å². The Morgan fingerprint density at radius 2 is 1.90 bits per heavy atom. The Kier molecular flexibility index (Phi) is 4.04. The predicted octanol–water partition coefficient (Wildman–Crippen LogP) is 1.68. The van der Waals surface area contributed by atoms with Gasteiger partial charge >= 0.3 is 0 Å². The normalized spacial score (nSPS) is 42.0. The zero-order valence-corrected chi connectivity index (χ0v) is 13.5.